The summed E-state index contributed by atoms with van der Waals surface area (Å²) in [5, 5.41) is 1.40. The number of benzene rings is 1. The highest BCUT2D eigenvalue weighted by Gasteiger charge is 2.28. The minimum atomic E-state index is 0.792. The van der Waals surface area contributed by atoms with Crippen molar-refractivity contribution in [3.8, 4) is 0 Å². The molecule has 14 heavy (non-hydrogen) atoms. The van der Waals surface area contributed by atoms with Crippen LogP contribution in [0.3, 0.4) is 0 Å². The molecule has 0 aliphatic heterocycles. The Morgan fingerprint density at radius 2 is 2.14 bits per heavy atom. The van der Waals surface area contributed by atoms with E-state index in [2.05, 4.69) is 46.0 Å². The predicted molar refractivity (Wildman–Crippen MR) is 62.7 cm³/mol. The van der Waals surface area contributed by atoms with Crippen LogP contribution in [0.2, 0.25) is 0 Å². The molecule has 1 aliphatic carbocycles. The molecule has 0 unspecified atom stereocenters. The number of rotatable bonds is 1. The van der Waals surface area contributed by atoms with Gasteiger partial charge in [0.2, 0.25) is 0 Å². The standard InChI is InChI=1S/C12H12BrN/c1-7-2-5-10-9(6-7)11(8-3-4-8)12(13)14-10/h2,5-6,8,14H,3-4H2,1H3. The summed E-state index contributed by atoms with van der Waals surface area (Å²) in [6.45, 7) is 2.15. The van der Waals surface area contributed by atoms with Gasteiger partial charge in [0.25, 0.3) is 0 Å². The summed E-state index contributed by atoms with van der Waals surface area (Å²) in [5.74, 6) is 0.792. The summed E-state index contributed by atoms with van der Waals surface area (Å²) in [4.78, 5) is 3.39. The van der Waals surface area contributed by atoms with Crippen molar-refractivity contribution in [3.05, 3.63) is 33.9 Å². The molecule has 0 bridgehead atoms. The number of nitrogens with one attached hydrogen (secondary N) is 1. The average Bonchev–Trinajstić information content (AvgIpc) is 2.90. The van der Waals surface area contributed by atoms with E-state index in [1.54, 1.807) is 0 Å². The Hall–Kier alpha value is -0.760. The molecule has 2 aromatic rings. The fourth-order valence-corrected chi connectivity index (χ4v) is 2.82. The molecule has 1 N–H and O–H groups in total. The van der Waals surface area contributed by atoms with E-state index >= 15 is 0 Å². The van der Waals surface area contributed by atoms with Crippen LogP contribution in [0.15, 0.2) is 22.8 Å². The molecule has 2 heteroatoms. The molecule has 0 saturated heterocycles. The van der Waals surface area contributed by atoms with Gasteiger partial charge in [-0.1, -0.05) is 11.6 Å². The van der Waals surface area contributed by atoms with Gasteiger partial charge in [-0.25, -0.2) is 0 Å². The third kappa shape index (κ3) is 1.21. The van der Waals surface area contributed by atoms with Gasteiger partial charge < -0.3 is 4.98 Å². The summed E-state index contributed by atoms with van der Waals surface area (Å²) in [5.41, 5.74) is 4.08. The third-order valence-corrected chi connectivity index (χ3v) is 3.56. The number of fused-ring (bicyclic) bond motifs is 1. The van der Waals surface area contributed by atoms with Gasteiger partial charge in [0, 0.05) is 10.9 Å². The fourth-order valence-electron chi connectivity index (χ4n) is 2.06. The molecule has 1 aromatic heterocycles. The lowest BCUT2D eigenvalue weighted by molar-refractivity contribution is 1.13. The maximum absolute atomic E-state index is 3.62. The first-order chi connectivity index (χ1) is 6.75. The highest BCUT2D eigenvalue weighted by Crippen LogP contribution is 2.46. The normalized spacial score (nSPS) is 16.4. The first-order valence-electron chi connectivity index (χ1n) is 5.03. The Bertz CT molecular complexity index is 494. The third-order valence-electron chi connectivity index (χ3n) is 2.93. The Kier molecular flexibility index (Phi) is 1.75. The fraction of sp³-hybridized carbons (Fsp3) is 0.333. The Morgan fingerprint density at radius 1 is 1.36 bits per heavy atom. The molecule has 0 spiro atoms. The zero-order valence-corrected chi connectivity index (χ0v) is 9.69. The van der Waals surface area contributed by atoms with E-state index in [0.29, 0.717) is 0 Å². The van der Waals surface area contributed by atoms with Gasteiger partial charge in [0.05, 0.1) is 4.60 Å². The molecule has 0 atom stereocenters. The van der Waals surface area contributed by atoms with Gasteiger partial charge in [-0.2, -0.15) is 0 Å². The lowest BCUT2D eigenvalue weighted by Crippen LogP contribution is -1.77. The summed E-state index contributed by atoms with van der Waals surface area (Å²) in [7, 11) is 0. The van der Waals surface area contributed by atoms with E-state index in [0.717, 1.165) is 5.92 Å². The van der Waals surface area contributed by atoms with Crippen molar-refractivity contribution in [2.24, 2.45) is 0 Å². The quantitative estimate of drug-likeness (QED) is 0.783. The molecule has 1 aliphatic rings. The minimum Gasteiger partial charge on any atom is -0.349 e. The minimum absolute atomic E-state index is 0.792. The second-order valence-electron chi connectivity index (χ2n) is 4.18. The van der Waals surface area contributed by atoms with E-state index < -0.39 is 0 Å². The van der Waals surface area contributed by atoms with Crippen LogP contribution in [0, 0.1) is 6.92 Å². The molecule has 0 radical (unpaired) electrons. The van der Waals surface area contributed by atoms with Crippen molar-refractivity contribution in [3.63, 3.8) is 0 Å². The topological polar surface area (TPSA) is 15.8 Å². The van der Waals surface area contributed by atoms with Crippen LogP contribution in [0.5, 0.6) is 0 Å². The van der Waals surface area contributed by atoms with Crippen LogP contribution >= 0.6 is 15.9 Å². The molecular formula is C12H12BrN. The Balaban J connectivity index is 2.34. The first-order valence-corrected chi connectivity index (χ1v) is 5.83. The van der Waals surface area contributed by atoms with Gasteiger partial charge in [-0.3, -0.25) is 0 Å². The highest BCUT2D eigenvalue weighted by molar-refractivity contribution is 9.10. The Morgan fingerprint density at radius 3 is 2.86 bits per heavy atom. The number of H-pyrrole nitrogens is 1. The van der Waals surface area contributed by atoms with E-state index in [1.807, 2.05) is 0 Å². The molecular weight excluding hydrogens is 238 g/mol. The van der Waals surface area contributed by atoms with E-state index in [1.165, 1.54) is 39.5 Å². The van der Waals surface area contributed by atoms with Crippen molar-refractivity contribution >= 4 is 26.8 Å². The monoisotopic (exact) mass is 249 g/mol. The van der Waals surface area contributed by atoms with Crippen LogP contribution < -0.4 is 0 Å². The van der Waals surface area contributed by atoms with Crippen molar-refractivity contribution in [2.75, 3.05) is 0 Å². The second-order valence-corrected chi connectivity index (χ2v) is 4.97. The van der Waals surface area contributed by atoms with Crippen LogP contribution in [-0.4, -0.2) is 4.98 Å². The molecule has 3 rings (SSSR count). The average molecular weight is 250 g/mol. The van der Waals surface area contributed by atoms with E-state index in [-0.39, 0.29) is 0 Å². The van der Waals surface area contributed by atoms with E-state index in [4.69, 9.17) is 0 Å². The number of hydrogen-bond donors (Lipinski definition) is 1. The summed E-state index contributed by atoms with van der Waals surface area (Å²) >= 11 is 3.62. The maximum atomic E-state index is 3.62. The summed E-state index contributed by atoms with van der Waals surface area (Å²) in [6, 6.07) is 6.60. The maximum Gasteiger partial charge on any atom is 0.0866 e. The van der Waals surface area contributed by atoms with Gasteiger partial charge in [0.15, 0.2) is 0 Å². The second kappa shape index (κ2) is 2.86. The van der Waals surface area contributed by atoms with E-state index in [9.17, 15) is 0 Å². The van der Waals surface area contributed by atoms with Crippen molar-refractivity contribution < 1.29 is 0 Å². The lowest BCUT2D eigenvalue weighted by atomic mass is 10.1. The summed E-state index contributed by atoms with van der Waals surface area (Å²) < 4.78 is 1.18. The van der Waals surface area contributed by atoms with Crippen molar-refractivity contribution in [2.45, 2.75) is 25.7 Å². The van der Waals surface area contributed by atoms with Gasteiger partial charge >= 0.3 is 0 Å². The zero-order chi connectivity index (χ0) is 9.71. The number of aromatic nitrogens is 1. The number of hydrogen-bond acceptors (Lipinski definition) is 0. The summed E-state index contributed by atoms with van der Waals surface area (Å²) in [6.07, 6.45) is 2.69. The van der Waals surface area contributed by atoms with Crippen molar-refractivity contribution in [1.29, 1.82) is 0 Å². The largest absolute Gasteiger partial charge is 0.349 e. The molecule has 1 nitrogen and oxygen atoms in total. The Labute approximate surface area is 91.6 Å². The zero-order valence-electron chi connectivity index (χ0n) is 8.10. The molecule has 1 fully saturated rings. The van der Waals surface area contributed by atoms with Gasteiger partial charge in [0.1, 0.15) is 0 Å². The SMILES string of the molecule is Cc1ccc2[nH]c(Br)c(C3CC3)c2c1. The van der Waals surface area contributed by atoms with Crippen LogP contribution in [0.1, 0.15) is 29.9 Å². The molecule has 0 amide bonds. The molecule has 1 aromatic carbocycles. The van der Waals surface area contributed by atoms with Gasteiger partial charge in [-0.15, -0.1) is 0 Å². The molecule has 72 valence electrons. The lowest BCUT2D eigenvalue weighted by Gasteiger charge is -1.97. The first kappa shape index (κ1) is 8.54. The van der Waals surface area contributed by atoms with Crippen LogP contribution in [-0.2, 0) is 0 Å². The number of aromatic amines is 1. The van der Waals surface area contributed by atoms with Gasteiger partial charge in [-0.05, 0) is 59.3 Å². The predicted octanol–water partition coefficient (Wildman–Crippen LogP) is 4.12. The number of aryl methyl sites for hydroxylation is 1. The van der Waals surface area contributed by atoms with Crippen LogP contribution in [0.4, 0.5) is 0 Å². The number of halogens is 1. The smallest absolute Gasteiger partial charge is 0.0866 e. The molecule has 1 saturated carbocycles. The highest BCUT2D eigenvalue weighted by atomic mass is 79.9. The van der Waals surface area contributed by atoms with Crippen molar-refractivity contribution in [1.82, 2.24) is 4.98 Å². The van der Waals surface area contributed by atoms with Crippen LogP contribution in [0.25, 0.3) is 10.9 Å². The molecule has 1 heterocycles.